The number of aliphatic hydroxyl groups is 1. The van der Waals surface area contributed by atoms with Crippen LogP contribution >= 0.6 is 0 Å². The van der Waals surface area contributed by atoms with Crippen LogP contribution in [-0.2, 0) is 27.1 Å². The van der Waals surface area contributed by atoms with Crippen molar-refractivity contribution in [2.24, 2.45) is 11.7 Å². The highest BCUT2D eigenvalue weighted by molar-refractivity contribution is 5.91. The third kappa shape index (κ3) is 7.64. The fraction of sp³-hybridized carbons (Fsp3) is 0.519. The average Bonchev–Trinajstić information content (AvgIpc) is 2.73. The van der Waals surface area contributed by atoms with Crippen molar-refractivity contribution in [3.05, 3.63) is 70.5 Å². The van der Waals surface area contributed by atoms with Crippen molar-refractivity contribution >= 4 is 5.91 Å². The molecule has 1 amide bonds. The predicted molar refractivity (Wildman–Crippen MR) is 129 cm³/mol. The molecule has 1 aromatic carbocycles. The van der Waals surface area contributed by atoms with E-state index in [0.717, 1.165) is 29.7 Å². The predicted octanol–water partition coefficient (Wildman–Crippen LogP) is 4.98. The molecule has 2 rings (SSSR count). The SMILES string of the molecule is C=C(CCc1ccc(CC(/C(=C\C)O[C@H]2C[C@@H](O)C[C@@H](C)O2)=C(/C)C(C)C)cc1)C(N)=O. The maximum atomic E-state index is 11.2. The van der Waals surface area contributed by atoms with Crippen LogP contribution in [-0.4, -0.2) is 29.5 Å². The lowest BCUT2D eigenvalue weighted by Crippen LogP contribution is -2.35. The summed E-state index contributed by atoms with van der Waals surface area (Å²) in [6.45, 7) is 14.2. The first kappa shape index (κ1) is 25.9. The molecule has 0 saturated carbocycles. The Kier molecular flexibility index (Phi) is 9.73. The Morgan fingerprint density at radius 3 is 2.44 bits per heavy atom. The van der Waals surface area contributed by atoms with Gasteiger partial charge in [0.1, 0.15) is 5.76 Å². The van der Waals surface area contributed by atoms with Gasteiger partial charge in [0.15, 0.2) is 0 Å². The molecule has 1 aromatic rings. The summed E-state index contributed by atoms with van der Waals surface area (Å²) in [5.74, 6) is 0.743. The number of hydrogen-bond acceptors (Lipinski definition) is 4. The Hall–Kier alpha value is -2.37. The maximum absolute atomic E-state index is 11.2. The minimum atomic E-state index is -0.448. The van der Waals surface area contributed by atoms with Crippen LogP contribution < -0.4 is 5.73 Å². The number of aryl methyl sites for hydroxylation is 1. The first-order valence-corrected chi connectivity index (χ1v) is 11.5. The van der Waals surface area contributed by atoms with Crippen molar-refractivity contribution in [2.45, 2.75) is 85.2 Å². The topological polar surface area (TPSA) is 81.8 Å². The van der Waals surface area contributed by atoms with Crippen molar-refractivity contribution in [1.29, 1.82) is 0 Å². The second kappa shape index (κ2) is 12.0. The molecule has 0 unspecified atom stereocenters. The molecule has 0 radical (unpaired) electrons. The second-order valence-electron chi connectivity index (χ2n) is 9.05. The fourth-order valence-corrected chi connectivity index (χ4v) is 3.82. The smallest absolute Gasteiger partial charge is 0.244 e. The van der Waals surface area contributed by atoms with Crippen molar-refractivity contribution in [3.63, 3.8) is 0 Å². The monoisotopic (exact) mass is 441 g/mol. The Bertz CT molecular complexity index is 841. The van der Waals surface area contributed by atoms with Crippen LogP contribution in [0.4, 0.5) is 0 Å². The van der Waals surface area contributed by atoms with Gasteiger partial charge in [-0.25, -0.2) is 0 Å². The summed E-state index contributed by atoms with van der Waals surface area (Å²) in [6.07, 6.45) is 4.25. The molecule has 0 aromatic heterocycles. The van der Waals surface area contributed by atoms with E-state index in [-0.39, 0.29) is 6.10 Å². The van der Waals surface area contributed by atoms with Crippen LogP contribution in [0, 0.1) is 5.92 Å². The van der Waals surface area contributed by atoms with E-state index in [4.69, 9.17) is 15.2 Å². The molecule has 0 spiro atoms. The summed E-state index contributed by atoms with van der Waals surface area (Å²) < 4.78 is 12.2. The molecule has 1 fully saturated rings. The number of primary amides is 1. The summed E-state index contributed by atoms with van der Waals surface area (Å²) in [7, 11) is 0. The van der Waals surface area contributed by atoms with E-state index in [1.165, 1.54) is 11.1 Å². The highest BCUT2D eigenvalue weighted by atomic mass is 16.7. The normalized spacial score (nSPS) is 22.5. The lowest BCUT2D eigenvalue weighted by molar-refractivity contribution is -0.192. The third-order valence-corrected chi connectivity index (χ3v) is 6.08. The molecule has 176 valence electrons. The molecule has 1 heterocycles. The zero-order valence-electron chi connectivity index (χ0n) is 20.2. The Labute approximate surface area is 193 Å². The second-order valence-corrected chi connectivity index (χ2v) is 9.05. The molecule has 3 N–H and O–H groups in total. The number of amides is 1. The lowest BCUT2D eigenvalue weighted by atomic mass is 9.92. The van der Waals surface area contributed by atoms with Gasteiger partial charge in [-0.1, -0.05) is 50.3 Å². The summed E-state index contributed by atoms with van der Waals surface area (Å²) in [5, 5.41) is 10.1. The van der Waals surface area contributed by atoms with Crippen LogP contribution in [0.25, 0.3) is 0 Å². The number of benzene rings is 1. The summed E-state index contributed by atoms with van der Waals surface area (Å²) in [5.41, 5.74) is 10.5. The number of carbonyl (C=O) groups is 1. The summed E-state index contributed by atoms with van der Waals surface area (Å²) >= 11 is 0. The summed E-state index contributed by atoms with van der Waals surface area (Å²) in [6, 6.07) is 8.41. The quantitative estimate of drug-likeness (QED) is 0.305. The van der Waals surface area contributed by atoms with E-state index in [9.17, 15) is 9.90 Å². The molecule has 0 aliphatic carbocycles. The number of ether oxygens (including phenoxy) is 2. The van der Waals surface area contributed by atoms with E-state index < -0.39 is 18.3 Å². The fourth-order valence-electron chi connectivity index (χ4n) is 3.82. The van der Waals surface area contributed by atoms with Gasteiger partial charge in [-0.2, -0.15) is 0 Å². The number of rotatable bonds is 10. The average molecular weight is 442 g/mol. The van der Waals surface area contributed by atoms with Gasteiger partial charge in [-0.05, 0) is 68.7 Å². The van der Waals surface area contributed by atoms with Gasteiger partial charge in [0, 0.05) is 18.4 Å². The van der Waals surface area contributed by atoms with E-state index in [0.29, 0.717) is 30.8 Å². The van der Waals surface area contributed by atoms with Crippen molar-refractivity contribution in [2.75, 3.05) is 0 Å². The van der Waals surface area contributed by atoms with Crippen LogP contribution in [0.5, 0.6) is 0 Å². The molecule has 5 heteroatoms. The highest BCUT2D eigenvalue weighted by Gasteiger charge is 2.28. The van der Waals surface area contributed by atoms with Gasteiger partial charge in [0.2, 0.25) is 12.2 Å². The molecule has 1 saturated heterocycles. The van der Waals surface area contributed by atoms with E-state index >= 15 is 0 Å². The van der Waals surface area contributed by atoms with E-state index in [1.54, 1.807) is 0 Å². The zero-order valence-corrected chi connectivity index (χ0v) is 20.2. The number of carbonyl (C=O) groups excluding carboxylic acids is 1. The van der Waals surface area contributed by atoms with Crippen LogP contribution in [0.1, 0.15) is 65.0 Å². The van der Waals surface area contributed by atoms with Crippen molar-refractivity contribution in [1.82, 2.24) is 0 Å². The van der Waals surface area contributed by atoms with Crippen LogP contribution in [0.2, 0.25) is 0 Å². The molecule has 1 aliphatic heterocycles. The zero-order chi connectivity index (χ0) is 23.8. The molecule has 3 atom stereocenters. The van der Waals surface area contributed by atoms with Crippen molar-refractivity contribution in [3.8, 4) is 0 Å². The largest absolute Gasteiger partial charge is 0.465 e. The van der Waals surface area contributed by atoms with Crippen LogP contribution in [0.3, 0.4) is 0 Å². The number of allylic oxidation sites excluding steroid dienone is 3. The van der Waals surface area contributed by atoms with Gasteiger partial charge >= 0.3 is 0 Å². The standard InChI is InChI=1S/C27H39NO4/c1-7-25(32-26-16-23(29)14-19(5)31-26)24(20(6)17(2)3)15-22-12-10-21(11-13-22)9-8-18(4)27(28)30/h7,10-13,17,19,23,26,29H,4,8-9,14-16H2,1-3,5-6H3,(H2,28,30)/b24-20+,25-7+/t19-,23+,26+/m1/s1. The van der Waals surface area contributed by atoms with Gasteiger partial charge in [0.05, 0.1) is 12.2 Å². The minimum Gasteiger partial charge on any atom is -0.465 e. The van der Waals surface area contributed by atoms with Gasteiger partial charge in [0.25, 0.3) is 0 Å². The molecule has 1 aliphatic rings. The molecule has 32 heavy (non-hydrogen) atoms. The Morgan fingerprint density at radius 1 is 1.28 bits per heavy atom. The van der Waals surface area contributed by atoms with Crippen LogP contribution in [0.15, 0.2) is 59.4 Å². The molecular weight excluding hydrogens is 402 g/mol. The maximum Gasteiger partial charge on any atom is 0.244 e. The molecule has 5 nitrogen and oxygen atoms in total. The van der Waals surface area contributed by atoms with E-state index in [1.807, 2.05) is 19.9 Å². The molecular formula is C27H39NO4. The first-order valence-electron chi connectivity index (χ1n) is 11.5. The van der Waals surface area contributed by atoms with Gasteiger partial charge in [-0.3, -0.25) is 4.79 Å². The molecule has 0 bridgehead atoms. The number of hydrogen-bond donors (Lipinski definition) is 2. The Balaban J connectivity index is 2.16. The minimum absolute atomic E-state index is 0.0290. The van der Waals surface area contributed by atoms with Gasteiger partial charge < -0.3 is 20.3 Å². The van der Waals surface area contributed by atoms with Crippen molar-refractivity contribution < 1.29 is 19.4 Å². The van der Waals surface area contributed by atoms with Gasteiger partial charge in [-0.15, -0.1) is 0 Å². The summed E-state index contributed by atoms with van der Waals surface area (Å²) in [4.78, 5) is 11.2. The lowest BCUT2D eigenvalue weighted by Gasteiger charge is -2.33. The number of aliphatic hydroxyl groups excluding tert-OH is 1. The highest BCUT2D eigenvalue weighted by Crippen LogP contribution is 2.30. The van der Waals surface area contributed by atoms with E-state index in [2.05, 4.69) is 51.6 Å². The Morgan fingerprint density at radius 2 is 1.91 bits per heavy atom. The first-order chi connectivity index (χ1) is 15.1. The number of nitrogens with two attached hydrogens (primary N) is 1. The third-order valence-electron chi connectivity index (χ3n) is 6.08.